The molecule has 4 heteroatoms. The third kappa shape index (κ3) is 2.64. The first kappa shape index (κ1) is 14.8. The van der Waals surface area contributed by atoms with Crippen LogP contribution in [0, 0.1) is 9.85 Å². The normalized spacial score (nSPS) is 10.8. The van der Waals surface area contributed by atoms with E-state index in [1.54, 1.807) is 12.7 Å². The van der Waals surface area contributed by atoms with Crippen LogP contribution in [0.1, 0.15) is 17.5 Å². The average Bonchev–Trinajstić information content (AvgIpc) is 3.13. The molecule has 1 heterocycles. The molecule has 3 rings (SSSR count). The number of nitrogens with zero attached hydrogens (tertiary/aromatic N) is 3. The van der Waals surface area contributed by atoms with Gasteiger partial charge in [-0.2, -0.15) is 5.10 Å². The Hall–Kier alpha value is -2.13. The van der Waals surface area contributed by atoms with Gasteiger partial charge in [0.25, 0.3) is 0 Å². The molecule has 22 heavy (non-hydrogen) atoms. The molecule has 0 fully saturated rings. The second kappa shape index (κ2) is 6.75. The zero-order valence-corrected chi connectivity index (χ0v) is 14.0. The fourth-order valence-corrected chi connectivity index (χ4v) is 2.90. The Morgan fingerprint density at radius 1 is 0.955 bits per heavy atom. The van der Waals surface area contributed by atoms with Crippen molar-refractivity contribution in [2.24, 2.45) is 0 Å². The van der Waals surface area contributed by atoms with E-state index in [2.05, 4.69) is 66.8 Å². The standard InChI is InChI=1S/C18H14IN3/c19-13-7-12-18(22-15-20-14-21-22,16-8-3-1-4-9-16)17-10-5-2-6-11-17/h1-6,8-11,14-15H,12H2. The monoisotopic (exact) mass is 399 g/mol. The molecule has 2 aromatic carbocycles. The highest BCUT2D eigenvalue weighted by molar-refractivity contribution is 14.1. The van der Waals surface area contributed by atoms with Crippen LogP contribution in [0.15, 0.2) is 73.3 Å². The Morgan fingerprint density at radius 3 is 2.00 bits per heavy atom. The van der Waals surface area contributed by atoms with Crippen LogP contribution in [0.5, 0.6) is 0 Å². The van der Waals surface area contributed by atoms with Crippen molar-refractivity contribution in [3.05, 3.63) is 84.4 Å². The summed E-state index contributed by atoms with van der Waals surface area (Å²) in [7, 11) is 0. The van der Waals surface area contributed by atoms with Crippen LogP contribution >= 0.6 is 22.6 Å². The number of aromatic nitrogens is 3. The Bertz CT molecular complexity index is 732. The summed E-state index contributed by atoms with van der Waals surface area (Å²) in [5.74, 6) is 3.22. The SMILES string of the molecule is IC#CCC(c1ccccc1)(c1ccccc1)n1cncn1. The quantitative estimate of drug-likeness (QED) is 0.493. The summed E-state index contributed by atoms with van der Waals surface area (Å²) in [6, 6.07) is 20.7. The average molecular weight is 399 g/mol. The first-order valence-corrected chi connectivity index (χ1v) is 8.00. The van der Waals surface area contributed by atoms with Crippen molar-refractivity contribution >= 4 is 22.6 Å². The zero-order valence-electron chi connectivity index (χ0n) is 11.9. The van der Waals surface area contributed by atoms with Gasteiger partial charge in [-0.25, -0.2) is 9.67 Å². The lowest BCUT2D eigenvalue weighted by Gasteiger charge is -2.33. The largest absolute Gasteiger partial charge is 0.237 e. The van der Waals surface area contributed by atoms with Gasteiger partial charge in [-0.1, -0.05) is 66.6 Å². The van der Waals surface area contributed by atoms with Crippen LogP contribution < -0.4 is 0 Å². The Labute approximate surface area is 143 Å². The van der Waals surface area contributed by atoms with Gasteiger partial charge in [0.05, 0.1) is 0 Å². The van der Waals surface area contributed by atoms with Gasteiger partial charge in [0.1, 0.15) is 18.2 Å². The van der Waals surface area contributed by atoms with Crippen molar-refractivity contribution < 1.29 is 0 Å². The minimum Gasteiger partial charge on any atom is -0.237 e. The molecule has 0 atom stereocenters. The number of hydrogen-bond donors (Lipinski definition) is 0. The van der Waals surface area contributed by atoms with Gasteiger partial charge in [0.2, 0.25) is 0 Å². The first-order chi connectivity index (χ1) is 10.9. The van der Waals surface area contributed by atoms with E-state index >= 15 is 0 Å². The molecular formula is C18H14IN3. The Kier molecular flexibility index (Phi) is 4.54. The summed E-state index contributed by atoms with van der Waals surface area (Å²) in [6.07, 6.45) is 3.96. The second-order valence-electron chi connectivity index (χ2n) is 4.88. The maximum absolute atomic E-state index is 4.43. The lowest BCUT2D eigenvalue weighted by molar-refractivity contribution is 0.395. The smallest absolute Gasteiger partial charge is 0.137 e. The van der Waals surface area contributed by atoms with E-state index in [9.17, 15) is 0 Å². The third-order valence-corrected chi connectivity index (χ3v) is 4.10. The highest BCUT2D eigenvalue weighted by Gasteiger charge is 2.36. The van der Waals surface area contributed by atoms with Crippen LogP contribution in [0.25, 0.3) is 0 Å². The molecular weight excluding hydrogens is 385 g/mol. The maximum atomic E-state index is 4.43. The Balaban J connectivity index is 2.29. The van der Waals surface area contributed by atoms with Gasteiger partial charge in [0, 0.05) is 29.0 Å². The van der Waals surface area contributed by atoms with E-state index in [1.807, 2.05) is 41.1 Å². The van der Waals surface area contributed by atoms with E-state index in [0.717, 1.165) is 11.1 Å². The van der Waals surface area contributed by atoms with E-state index < -0.39 is 5.54 Å². The van der Waals surface area contributed by atoms with Crippen molar-refractivity contribution in [3.8, 4) is 9.85 Å². The van der Waals surface area contributed by atoms with Gasteiger partial charge in [-0.05, 0) is 15.1 Å². The predicted molar refractivity (Wildman–Crippen MR) is 95.5 cm³/mol. The highest BCUT2D eigenvalue weighted by atomic mass is 127. The molecule has 0 bridgehead atoms. The van der Waals surface area contributed by atoms with E-state index in [4.69, 9.17) is 0 Å². The van der Waals surface area contributed by atoms with Gasteiger partial charge in [-0.15, -0.1) is 0 Å². The van der Waals surface area contributed by atoms with Crippen molar-refractivity contribution in [2.45, 2.75) is 12.0 Å². The molecule has 0 saturated carbocycles. The molecule has 0 N–H and O–H groups in total. The highest BCUT2D eigenvalue weighted by Crippen LogP contribution is 2.36. The van der Waals surface area contributed by atoms with Crippen molar-refractivity contribution in [1.82, 2.24) is 14.8 Å². The first-order valence-electron chi connectivity index (χ1n) is 6.92. The topological polar surface area (TPSA) is 30.7 Å². The molecule has 108 valence electrons. The molecule has 1 aromatic heterocycles. The van der Waals surface area contributed by atoms with Gasteiger partial charge < -0.3 is 0 Å². The number of halogens is 1. The summed E-state index contributed by atoms with van der Waals surface area (Å²) in [6.45, 7) is 0. The molecule has 0 aliphatic heterocycles. The van der Waals surface area contributed by atoms with Gasteiger partial charge in [-0.3, -0.25) is 0 Å². The van der Waals surface area contributed by atoms with Crippen LogP contribution in [-0.4, -0.2) is 14.8 Å². The molecule has 0 radical (unpaired) electrons. The summed E-state index contributed by atoms with van der Waals surface area (Å²) in [4.78, 5) is 4.15. The molecule has 0 aliphatic rings. The Morgan fingerprint density at radius 2 is 1.55 bits per heavy atom. The summed E-state index contributed by atoms with van der Waals surface area (Å²) in [5.41, 5.74) is 1.81. The van der Waals surface area contributed by atoms with Crippen LogP contribution in [0.4, 0.5) is 0 Å². The molecule has 3 nitrogen and oxygen atoms in total. The van der Waals surface area contributed by atoms with Crippen LogP contribution in [0.3, 0.4) is 0 Å². The second-order valence-corrected chi connectivity index (χ2v) is 5.42. The van der Waals surface area contributed by atoms with E-state index in [1.165, 1.54) is 0 Å². The minimum atomic E-state index is -0.475. The van der Waals surface area contributed by atoms with Crippen LogP contribution in [-0.2, 0) is 5.54 Å². The van der Waals surface area contributed by atoms with Gasteiger partial charge >= 0.3 is 0 Å². The predicted octanol–water partition coefficient (Wildman–Crippen LogP) is 3.86. The summed E-state index contributed by atoms with van der Waals surface area (Å²) < 4.78 is 4.88. The number of hydrogen-bond acceptors (Lipinski definition) is 2. The minimum absolute atomic E-state index is 0.475. The lowest BCUT2D eigenvalue weighted by Crippen LogP contribution is -2.36. The number of benzene rings is 2. The molecule has 3 aromatic rings. The third-order valence-electron chi connectivity index (χ3n) is 3.72. The maximum Gasteiger partial charge on any atom is 0.137 e. The molecule has 0 spiro atoms. The van der Waals surface area contributed by atoms with Crippen molar-refractivity contribution in [3.63, 3.8) is 0 Å². The fourth-order valence-electron chi connectivity index (χ4n) is 2.71. The van der Waals surface area contributed by atoms with Crippen LogP contribution in [0.2, 0.25) is 0 Å². The number of rotatable bonds is 4. The lowest BCUT2D eigenvalue weighted by atomic mass is 9.80. The zero-order chi connectivity index (χ0) is 15.3. The van der Waals surface area contributed by atoms with Crippen molar-refractivity contribution in [2.75, 3.05) is 0 Å². The van der Waals surface area contributed by atoms with E-state index in [-0.39, 0.29) is 0 Å². The van der Waals surface area contributed by atoms with Crippen molar-refractivity contribution in [1.29, 1.82) is 0 Å². The summed E-state index contributed by atoms with van der Waals surface area (Å²) in [5, 5.41) is 4.43. The molecule has 0 saturated heterocycles. The molecule has 0 aliphatic carbocycles. The molecule has 0 amide bonds. The summed E-state index contributed by atoms with van der Waals surface area (Å²) >= 11 is 2.08. The van der Waals surface area contributed by atoms with E-state index in [0.29, 0.717) is 6.42 Å². The fraction of sp³-hybridized carbons (Fsp3) is 0.111. The van der Waals surface area contributed by atoms with Gasteiger partial charge in [0.15, 0.2) is 0 Å². The molecule has 0 unspecified atom stereocenters.